The minimum atomic E-state index is -3.67. The van der Waals surface area contributed by atoms with Crippen LogP contribution in [-0.4, -0.2) is 48.6 Å². The van der Waals surface area contributed by atoms with E-state index < -0.39 is 20.7 Å². The van der Waals surface area contributed by atoms with Gasteiger partial charge in [0.1, 0.15) is 0 Å². The van der Waals surface area contributed by atoms with Gasteiger partial charge in [-0.2, -0.15) is 0 Å². The van der Waals surface area contributed by atoms with Crippen LogP contribution >= 0.6 is 11.8 Å². The average molecular weight is 362 g/mol. The van der Waals surface area contributed by atoms with Gasteiger partial charge in [0.05, 0.1) is 10.1 Å². The first-order valence-electron chi connectivity index (χ1n) is 7.49. The van der Waals surface area contributed by atoms with Crippen molar-refractivity contribution < 1.29 is 13.2 Å². The van der Waals surface area contributed by atoms with Gasteiger partial charge in [0.2, 0.25) is 15.9 Å². The lowest BCUT2D eigenvalue weighted by Gasteiger charge is -2.36. The van der Waals surface area contributed by atoms with Gasteiger partial charge >= 0.3 is 0 Å². The Kier molecular flexibility index (Phi) is 6.09. The maximum absolute atomic E-state index is 12.5. The number of rotatable bonds is 5. The van der Waals surface area contributed by atoms with E-state index in [1.807, 2.05) is 20.8 Å². The van der Waals surface area contributed by atoms with Crippen molar-refractivity contribution in [2.24, 2.45) is 10.4 Å². The second kappa shape index (κ2) is 6.94. The molecule has 0 unspecified atom stereocenters. The highest BCUT2D eigenvalue weighted by Crippen LogP contribution is 2.30. The zero-order valence-corrected chi connectivity index (χ0v) is 16.4. The van der Waals surface area contributed by atoms with Crippen LogP contribution < -0.4 is 5.32 Å². The fourth-order valence-electron chi connectivity index (χ4n) is 1.92. The number of hydrogen-bond donors (Lipinski definition) is 1. The number of hydrogen-bond acceptors (Lipinski definition) is 5. The van der Waals surface area contributed by atoms with Gasteiger partial charge in [0.15, 0.2) is 4.75 Å². The van der Waals surface area contributed by atoms with Gasteiger partial charge in [-0.3, -0.25) is 9.79 Å². The molecule has 1 N–H and O–H groups in total. The predicted octanol–water partition coefficient (Wildman–Crippen LogP) is 2.20. The molecule has 1 saturated heterocycles. The van der Waals surface area contributed by atoms with Crippen molar-refractivity contribution in [3.05, 3.63) is 11.6 Å². The van der Waals surface area contributed by atoms with Gasteiger partial charge in [-0.05, 0) is 20.3 Å². The van der Waals surface area contributed by atoms with E-state index in [2.05, 4.69) is 16.9 Å². The van der Waals surface area contributed by atoms with Crippen molar-refractivity contribution >= 4 is 32.7 Å². The molecule has 8 heteroatoms. The Balaban J connectivity index is 2.80. The lowest BCUT2D eigenvalue weighted by molar-refractivity contribution is -0.122. The minimum absolute atomic E-state index is 0.174. The normalized spacial score (nSPS) is 17.6. The van der Waals surface area contributed by atoms with E-state index in [1.54, 1.807) is 7.05 Å². The molecule has 0 aromatic carbocycles. The van der Waals surface area contributed by atoms with Gasteiger partial charge in [-0.1, -0.05) is 39.1 Å². The van der Waals surface area contributed by atoms with Crippen LogP contribution in [-0.2, 0) is 14.8 Å². The maximum atomic E-state index is 12.5. The third-order valence-electron chi connectivity index (χ3n) is 3.66. The van der Waals surface area contributed by atoms with Gasteiger partial charge in [0.25, 0.3) is 0 Å². The molecule has 0 aliphatic carbocycles. The van der Waals surface area contributed by atoms with Crippen LogP contribution in [0.25, 0.3) is 0 Å². The molecule has 1 heterocycles. The molecule has 1 amide bonds. The Labute approximate surface area is 143 Å². The molecule has 0 saturated carbocycles. The van der Waals surface area contributed by atoms with Crippen molar-refractivity contribution in [1.82, 2.24) is 9.62 Å². The summed E-state index contributed by atoms with van der Waals surface area (Å²) in [5.74, 6) is -0.578. The molecule has 132 valence electrons. The number of amides is 1. The summed E-state index contributed by atoms with van der Waals surface area (Å²) in [7, 11) is -1.99. The lowest BCUT2D eigenvalue weighted by atomic mass is 9.99. The summed E-state index contributed by atoms with van der Waals surface area (Å²) in [4.78, 5) is 16.7. The highest BCUT2D eigenvalue weighted by molar-refractivity contribution is 8.17. The quantitative estimate of drug-likeness (QED) is 0.601. The highest BCUT2D eigenvalue weighted by Gasteiger charge is 2.47. The maximum Gasteiger partial charge on any atom is 0.247 e. The molecule has 1 rings (SSSR count). The third-order valence-corrected chi connectivity index (χ3v) is 7.52. The molecule has 0 radical (unpaired) electrons. The van der Waals surface area contributed by atoms with Crippen LogP contribution in [0.5, 0.6) is 0 Å². The molecule has 1 aliphatic heterocycles. The summed E-state index contributed by atoms with van der Waals surface area (Å²) < 4.78 is 24.8. The van der Waals surface area contributed by atoms with Crippen molar-refractivity contribution in [3.8, 4) is 0 Å². The lowest BCUT2D eigenvalue weighted by Crippen LogP contribution is -2.56. The highest BCUT2D eigenvalue weighted by atomic mass is 32.2. The summed E-state index contributed by atoms with van der Waals surface area (Å²) in [6.45, 7) is 13.6. The van der Waals surface area contributed by atoms with Gasteiger partial charge in [-0.15, -0.1) is 0 Å². The van der Waals surface area contributed by atoms with E-state index in [0.29, 0.717) is 18.1 Å². The molecular weight excluding hydrogens is 334 g/mol. The van der Waals surface area contributed by atoms with E-state index >= 15 is 0 Å². The predicted molar refractivity (Wildman–Crippen MR) is 96.9 cm³/mol. The van der Waals surface area contributed by atoms with Crippen molar-refractivity contribution in [3.63, 3.8) is 0 Å². The third kappa shape index (κ3) is 4.36. The number of carbonyl (C=O) groups is 1. The Morgan fingerprint density at radius 1 is 1.22 bits per heavy atom. The second-order valence-corrected chi connectivity index (χ2v) is 10.6. The van der Waals surface area contributed by atoms with Gasteiger partial charge < -0.3 is 5.32 Å². The van der Waals surface area contributed by atoms with E-state index in [0.717, 1.165) is 11.5 Å². The van der Waals surface area contributed by atoms with Crippen molar-refractivity contribution in [1.29, 1.82) is 0 Å². The first kappa shape index (κ1) is 20.2. The summed E-state index contributed by atoms with van der Waals surface area (Å²) in [5, 5.41) is 3.79. The number of nitrogens with one attached hydrogen (secondary N) is 1. The number of thioether (sulfide) groups is 1. The molecule has 6 nitrogen and oxygen atoms in total. The van der Waals surface area contributed by atoms with Gasteiger partial charge in [-0.25, -0.2) is 12.7 Å². The summed E-state index contributed by atoms with van der Waals surface area (Å²) in [5.41, 5.74) is -0.174. The van der Waals surface area contributed by atoms with Crippen molar-refractivity contribution in [2.45, 2.75) is 45.8 Å². The number of carbonyl (C=O) groups excluding carboxylic acids is 1. The van der Waals surface area contributed by atoms with Crippen LogP contribution in [0.4, 0.5) is 0 Å². The van der Waals surface area contributed by atoms with E-state index in [4.69, 9.17) is 0 Å². The monoisotopic (exact) mass is 361 g/mol. The van der Waals surface area contributed by atoms with Crippen LogP contribution in [0.15, 0.2) is 16.6 Å². The standard InChI is InChI=1S/C15H27N3O3S2/c1-11(22-13(16-7)14(2,3)4)17-12(19)15(5,6)23(20,21)18-9-8-10-18/h1,8-10H2,2-7H3,(H,17,19). The zero-order chi connectivity index (χ0) is 18.1. The van der Waals surface area contributed by atoms with Crippen LogP contribution in [0.2, 0.25) is 0 Å². The molecule has 23 heavy (non-hydrogen) atoms. The fraction of sp³-hybridized carbons (Fsp3) is 0.733. The Hall–Kier alpha value is -0.860. The largest absolute Gasteiger partial charge is 0.319 e. The first-order chi connectivity index (χ1) is 10.3. The van der Waals surface area contributed by atoms with Crippen LogP contribution in [0, 0.1) is 5.41 Å². The molecule has 0 atom stereocenters. The number of nitrogens with zero attached hydrogens (tertiary/aromatic N) is 2. The molecule has 0 bridgehead atoms. The number of sulfonamides is 1. The fourth-order valence-corrected chi connectivity index (χ4v) is 4.37. The van der Waals surface area contributed by atoms with Gasteiger partial charge in [0, 0.05) is 25.6 Å². The topological polar surface area (TPSA) is 78.8 Å². The van der Waals surface area contributed by atoms with E-state index in [9.17, 15) is 13.2 Å². The Bertz CT molecular complexity index is 612. The summed E-state index contributed by atoms with van der Waals surface area (Å²) in [6, 6.07) is 0. The van der Waals surface area contributed by atoms with E-state index in [1.165, 1.54) is 29.9 Å². The molecule has 1 aliphatic rings. The van der Waals surface area contributed by atoms with Crippen LogP contribution in [0.3, 0.4) is 0 Å². The molecule has 0 aromatic heterocycles. The van der Waals surface area contributed by atoms with Crippen LogP contribution in [0.1, 0.15) is 41.0 Å². The summed E-state index contributed by atoms with van der Waals surface area (Å²) >= 11 is 1.25. The number of aliphatic imine (C=N–C) groups is 1. The smallest absolute Gasteiger partial charge is 0.247 e. The average Bonchev–Trinajstić information content (AvgIpc) is 2.31. The Morgan fingerprint density at radius 2 is 1.74 bits per heavy atom. The second-order valence-electron chi connectivity index (χ2n) is 7.03. The van der Waals surface area contributed by atoms with Crippen molar-refractivity contribution in [2.75, 3.05) is 20.1 Å². The first-order valence-corrected chi connectivity index (χ1v) is 9.75. The molecule has 0 aromatic rings. The molecule has 1 fully saturated rings. The van der Waals surface area contributed by atoms with E-state index in [-0.39, 0.29) is 5.41 Å². The summed E-state index contributed by atoms with van der Waals surface area (Å²) in [6.07, 6.45) is 0.835. The molecule has 0 spiro atoms. The minimum Gasteiger partial charge on any atom is -0.319 e. The Morgan fingerprint density at radius 3 is 2.09 bits per heavy atom. The molecular formula is C15H27N3O3S2. The SMILES string of the molecule is C=C(NC(=O)C(C)(C)S(=O)(=O)N1CCC1)SC(=NC)C(C)(C)C. The zero-order valence-electron chi connectivity index (χ0n) is 14.8.